The topological polar surface area (TPSA) is 67.0 Å². The van der Waals surface area contributed by atoms with E-state index in [4.69, 9.17) is 27.9 Å². The van der Waals surface area contributed by atoms with Crippen LogP contribution in [0.1, 0.15) is 27.7 Å². The third-order valence-electron chi connectivity index (χ3n) is 3.98. The molecular weight excluding hydrogens is 385 g/mol. The fourth-order valence-corrected chi connectivity index (χ4v) is 3.18. The first kappa shape index (κ1) is 19.5. The van der Waals surface area contributed by atoms with E-state index < -0.39 is 11.6 Å². The van der Waals surface area contributed by atoms with Gasteiger partial charge in [0.15, 0.2) is 0 Å². The Morgan fingerprint density at radius 1 is 1.22 bits per heavy atom. The number of benzene rings is 2. The van der Waals surface area contributed by atoms with Crippen molar-refractivity contribution in [1.82, 2.24) is 10.2 Å². The van der Waals surface area contributed by atoms with Crippen LogP contribution in [0.5, 0.6) is 0 Å². The summed E-state index contributed by atoms with van der Waals surface area (Å²) in [4.78, 5) is 12.3. The van der Waals surface area contributed by atoms with Crippen molar-refractivity contribution in [2.45, 2.75) is 39.3 Å². The zero-order valence-electron chi connectivity index (χ0n) is 15.6. The van der Waals surface area contributed by atoms with Crippen molar-refractivity contribution < 1.29 is 9.53 Å². The first-order valence-electron chi connectivity index (χ1n) is 8.56. The molecule has 0 aliphatic rings. The predicted molar refractivity (Wildman–Crippen MR) is 110 cm³/mol. The number of H-pyrrole nitrogens is 1. The molecule has 1 aromatic heterocycles. The SMILES string of the molecule is C[C@@H](Nc1cc(-c2cn[nH]c2)c2ccc(Cl)c(Cl)c2c1)C(=O)OC(C)(C)C. The van der Waals surface area contributed by atoms with Crippen molar-refractivity contribution in [3.8, 4) is 11.1 Å². The first-order valence-corrected chi connectivity index (χ1v) is 9.31. The van der Waals surface area contributed by atoms with Crippen LogP contribution < -0.4 is 5.32 Å². The predicted octanol–water partition coefficient (Wildman–Crippen LogP) is 5.68. The molecule has 2 N–H and O–H groups in total. The molecule has 27 heavy (non-hydrogen) atoms. The fourth-order valence-electron chi connectivity index (χ4n) is 2.79. The van der Waals surface area contributed by atoms with E-state index in [2.05, 4.69) is 15.5 Å². The highest BCUT2D eigenvalue weighted by atomic mass is 35.5. The number of hydrogen-bond acceptors (Lipinski definition) is 4. The minimum Gasteiger partial charge on any atom is -0.458 e. The second kappa shape index (κ2) is 7.41. The van der Waals surface area contributed by atoms with Gasteiger partial charge in [0, 0.05) is 22.8 Å². The Morgan fingerprint density at radius 2 is 1.96 bits per heavy atom. The third-order valence-corrected chi connectivity index (χ3v) is 4.79. The van der Waals surface area contributed by atoms with E-state index in [0.717, 1.165) is 27.6 Å². The van der Waals surface area contributed by atoms with Crippen molar-refractivity contribution in [3.63, 3.8) is 0 Å². The molecule has 7 heteroatoms. The van der Waals surface area contributed by atoms with Gasteiger partial charge in [0.05, 0.1) is 16.2 Å². The number of aromatic amines is 1. The number of hydrogen-bond donors (Lipinski definition) is 2. The molecule has 0 aliphatic carbocycles. The van der Waals surface area contributed by atoms with Gasteiger partial charge in [-0.15, -0.1) is 0 Å². The quantitative estimate of drug-likeness (QED) is 0.547. The van der Waals surface area contributed by atoms with Gasteiger partial charge in [0.1, 0.15) is 11.6 Å². The standard InChI is InChI=1S/C20H21Cl2N3O2/c1-11(19(26)27-20(2,3)4)25-13-7-15(12-9-23-24-10-12)14-5-6-17(21)18(22)16(14)8-13/h5-11,25H,1-4H3,(H,23,24)/t11-/m1/s1. The molecule has 142 valence electrons. The lowest BCUT2D eigenvalue weighted by atomic mass is 9.99. The Hall–Kier alpha value is -2.24. The van der Waals surface area contributed by atoms with E-state index in [1.165, 1.54) is 0 Å². The van der Waals surface area contributed by atoms with Crippen LogP contribution in [0.3, 0.4) is 0 Å². The van der Waals surface area contributed by atoms with Crippen LogP contribution in [0.4, 0.5) is 5.69 Å². The average Bonchev–Trinajstić information content (AvgIpc) is 3.10. The van der Waals surface area contributed by atoms with E-state index in [1.807, 2.05) is 39.0 Å². The second-order valence-corrected chi connectivity index (χ2v) is 8.15. The Labute approximate surface area is 168 Å². The maximum atomic E-state index is 12.3. The average molecular weight is 406 g/mol. The molecule has 0 saturated heterocycles. The highest BCUT2D eigenvalue weighted by Gasteiger charge is 2.22. The van der Waals surface area contributed by atoms with Crippen LogP contribution in [0.2, 0.25) is 10.0 Å². The van der Waals surface area contributed by atoms with Gasteiger partial charge in [-0.2, -0.15) is 5.10 Å². The van der Waals surface area contributed by atoms with E-state index in [0.29, 0.717) is 10.0 Å². The Kier molecular flexibility index (Phi) is 5.36. The molecule has 0 spiro atoms. The van der Waals surface area contributed by atoms with Crippen LogP contribution in [0.25, 0.3) is 21.9 Å². The molecule has 0 saturated carbocycles. The molecule has 1 heterocycles. The number of carbonyl (C=O) groups is 1. The Bertz CT molecular complexity index is 979. The van der Waals surface area contributed by atoms with Gasteiger partial charge >= 0.3 is 5.97 Å². The molecular formula is C20H21Cl2N3O2. The summed E-state index contributed by atoms with van der Waals surface area (Å²) in [6.45, 7) is 7.28. The number of rotatable bonds is 4. The molecule has 5 nitrogen and oxygen atoms in total. The molecule has 0 unspecified atom stereocenters. The highest BCUT2D eigenvalue weighted by Crippen LogP contribution is 2.38. The number of nitrogens with one attached hydrogen (secondary N) is 2. The van der Waals surface area contributed by atoms with E-state index in [1.54, 1.807) is 25.4 Å². The summed E-state index contributed by atoms with van der Waals surface area (Å²) >= 11 is 12.6. The maximum absolute atomic E-state index is 12.3. The Morgan fingerprint density at radius 3 is 2.59 bits per heavy atom. The summed E-state index contributed by atoms with van der Waals surface area (Å²) < 4.78 is 5.44. The van der Waals surface area contributed by atoms with Gasteiger partial charge in [0.2, 0.25) is 0 Å². The summed E-state index contributed by atoms with van der Waals surface area (Å²) in [6, 6.07) is 7.00. The van der Waals surface area contributed by atoms with Crippen LogP contribution >= 0.6 is 23.2 Å². The van der Waals surface area contributed by atoms with Crippen molar-refractivity contribution >= 4 is 45.6 Å². The second-order valence-electron chi connectivity index (χ2n) is 7.37. The monoisotopic (exact) mass is 405 g/mol. The highest BCUT2D eigenvalue weighted by molar-refractivity contribution is 6.45. The Balaban J connectivity index is 2.03. The van der Waals surface area contributed by atoms with Gasteiger partial charge in [-0.3, -0.25) is 5.10 Å². The van der Waals surface area contributed by atoms with Crippen molar-refractivity contribution in [1.29, 1.82) is 0 Å². The summed E-state index contributed by atoms with van der Waals surface area (Å²) in [6.07, 6.45) is 3.54. The third kappa shape index (κ3) is 4.37. The molecule has 0 aliphatic heterocycles. The first-order chi connectivity index (χ1) is 12.7. The number of nitrogens with zero attached hydrogens (tertiary/aromatic N) is 1. The number of halogens is 2. The molecule has 2 aromatic carbocycles. The van der Waals surface area contributed by atoms with Crippen LogP contribution in [-0.2, 0) is 9.53 Å². The molecule has 1 atom stereocenters. The zero-order valence-corrected chi connectivity index (χ0v) is 17.1. The summed E-state index contributed by atoms with van der Waals surface area (Å²) in [5.74, 6) is -0.329. The lowest BCUT2D eigenvalue weighted by Crippen LogP contribution is -2.34. The van der Waals surface area contributed by atoms with Gasteiger partial charge in [-0.05, 0) is 56.8 Å². The summed E-state index contributed by atoms with van der Waals surface area (Å²) in [5.41, 5.74) is 2.03. The molecule has 0 bridgehead atoms. The van der Waals surface area contributed by atoms with Crippen LogP contribution in [0, 0.1) is 0 Å². The minimum atomic E-state index is -0.546. The largest absolute Gasteiger partial charge is 0.458 e. The molecule has 0 amide bonds. The number of aromatic nitrogens is 2. The molecule has 0 radical (unpaired) electrons. The van der Waals surface area contributed by atoms with Crippen molar-refractivity contribution in [3.05, 3.63) is 46.7 Å². The number of fused-ring (bicyclic) bond motifs is 1. The van der Waals surface area contributed by atoms with Gasteiger partial charge in [-0.1, -0.05) is 29.3 Å². The number of anilines is 1. The normalized spacial score (nSPS) is 12.8. The zero-order chi connectivity index (χ0) is 19.8. The van der Waals surface area contributed by atoms with E-state index >= 15 is 0 Å². The number of esters is 1. The van der Waals surface area contributed by atoms with Gasteiger partial charge < -0.3 is 10.1 Å². The van der Waals surface area contributed by atoms with E-state index in [-0.39, 0.29) is 5.97 Å². The number of carbonyl (C=O) groups excluding carboxylic acids is 1. The van der Waals surface area contributed by atoms with Crippen molar-refractivity contribution in [2.24, 2.45) is 0 Å². The van der Waals surface area contributed by atoms with Gasteiger partial charge in [0.25, 0.3) is 0 Å². The maximum Gasteiger partial charge on any atom is 0.328 e. The lowest BCUT2D eigenvalue weighted by Gasteiger charge is -2.23. The number of ether oxygens (including phenoxy) is 1. The smallest absolute Gasteiger partial charge is 0.328 e. The minimum absolute atomic E-state index is 0.329. The van der Waals surface area contributed by atoms with Crippen molar-refractivity contribution in [2.75, 3.05) is 5.32 Å². The molecule has 0 fully saturated rings. The fraction of sp³-hybridized carbons (Fsp3) is 0.300. The summed E-state index contributed by atoms with van der Waals surface area (Å²) in [5, 5.41) is 12.7. The molecule has 3 aromatic rings. The summed E-state index contributed by atoms with van der Waals surface area (Å²) in [7, 11) is 0. The molecule has 3 rings (SSSR count). The van der Waals surface area contributed by atoms with Crippen LogP contribution in [-0.4, -0.2) is 27.8 Å². The van der Waals surface area contributed by atoms with Gasteiger partial charge in [-0.25, -0.2) is 4.79 Å². The van der Waals surface area contributed by atoms with Crippen LogP contribution in [0.15, 0.2) is 36.7 Å². The lowest BCUT2D eigenvalue weighted by molar-refractivity contribution is -0.155. The van der Waals surface area contributed by atoms with E-state index in [9.17, 15) is 4.79 Å².